The molecule has 5 nitrogen and oxygen atoms in total. The summed E-state index contributed by atoms with van der Waals surface area (Å²) in [4.78, 5) is 30.6. The molecule has 0 bridgehead atoms. The molecule has 0 radical (unpaired) electrons. The largest absolute Gasteiger partial charge is 0.341 e. The zero-order valence-corrected chi connectivity index (χ0v) is 14.3. The Hall–Kier alpha value is -2.50. The molecule has 0 atom stereocenters. The van der Waals surface area contributed by atoms with Gasteiger partial charge < -0.3 is 4.90 Å². The number of aromatic nitrogens is 2. The molecule has 0 saturated heterocycles. The van der Waals surface area contributed by atoms with E-state index >= 15 is 0 Å². The summed E-state index contributed by atoms with van der Waals surface area (Å²) in [6.07, 6.45) is 6.85. The molecule has 2 aromatic rings. The maximum absolute atomic E-state index is 13.8. The lowest BCUT2D eigenvalue weighted by molar-refractivity contribution is -0.133. The second-order valence-electron chi connectivity index (χ2n) is 6.52. The van der Waals surface area contributed by atoms with E-state index in [1.807, 2.05) is 0 Å². The number of hydrogen-bond donors (Lipinski definition) is 0. The van der Waals surface area contributed by atoms with Crippen LogP contribution >= 0.6 is 0 Å². The normalized spacial score (nSPS) is 15.1. The Morgan fingerprint density at radius 3 is 2.68 bits per heavy atom. The molecule has 6 heteroatoms. The number of amides is 1. The second-order valence-corrected chi connectivity index (χ2v) is 6.52. The summed E-state index contributed by atoms with van der Waals surface area (Å²) in [7, 11) is 1.80. The first kappa shape index (κ1) is 17.3. The van der Waals surface area contributed by atoms with Gasteiger partial charge in [0.25, 0.3) is 5.56 Å². The van der Waals surface area contributed by atoms with Gasteiger partial charge in [0.05, 0.1) is 12.0 Å². The van der Waals surface area contributed by atoms with Crippen molar-refractivity contribution in [1.29, 1.82) is 0 Å². The quantitative estimate of drug-likeness (QED) is 0.858. The van der Waals surface area contributed by atoms with Crippen LogP contribution in [0.2, 0.25) is 0 Å². The van der Waals surface area contributed by atoms with Crippen molar-refractivity contribution >= 4 is 5.91 Å². The average Bonchev–Trinajstić information content (AvgIpc) is 2.64. The molecule has 0 aliphatic heterocycles. The minimum atomic E-state index is -0.430. The zero-order chi connectivity index (χ0) is 17.8. The molecular formula is C19H22FN3O2. The van der Waals surface area contributed by atoms with Crippen LogP contribution in [0, 0.1) is 5.82 Å². The van der Waals surface area contributed by atoms with Crippen LogP contribution in [0.5, 0.6) is 0 Å². The van der Waals surface area contributed by atoms with Crippen molar-refractivity contribution in [3.8, 4) is 11.3 Å². The number of halogens is 1. The van der Waals surface area contributed by atoms with Gasteiger partial charge in [0.15, 0.2) is 0 Å². The molecule has 132 valence electrons. The van der Waals surface area contributed by atoms with Gasteiger partial charge in [-0.3, -0.25) is 14.2 Å². The van der Waals surface area contributed by atoms with Gasteiger partial charge in [-0.05, 0) is 25.0 Å². The molecule has 1 aromatic heterocycles. The molecule has 0 spiro atoms. The fraction of sp³-hybridized carbons (Fsp3) is 0.421. The van der Waals surface area contributed by atoms with E-state index in [-0.39, 0.29) is 35.3 Å². The van der Waals surface area contributed by atoms with E-state index in [1.54, 1.807) is 30.1 Å². The number of hydrogen-bond acceptors (Lipinski definition) is 3. The Morgan fingerprint density at radius 1 is 1.28 bits per heavy atom. The van der Waals surface area contributed by atoms with Gasteiger partial charge in [-0.25, -0.2) is 9.37 Å². The maximum atomic E-state index is 13.8. The molecule has 1 aromatic carbocycles. The minimum Gasteiger partial charge on any atom is -0.341 e. The molecule has 1 fully saturated rings. The summed E-state index contributed by atoms with van der Waals surface area (Å²) in [5.74, 6) is -0.533. The summed E-state index contributed by atoms with van der Waals surface area (Å²) < 4.78 is 15.1. The third-order valence-corrected chi connectivity index (χ3v) is 4.85. The predicted octanol–water partition coefficient (Wildman–Crippen LogP) is 2.84. The molecule has 1 amide bonds. The van der Waals surface area contributed by atoms with Gasteiger partial charge >= 0.3 is 0 Å². The molecule has 1 aliphatic rings. The van der Waals surface area contributed by atoms with E-state index in [0.29, 0.717) is 0 Å². The van der Waals surface area contributed by atoms with E-state index in [1.165, 1.54) is 29.4 Å². The Morgan fingerprint density at radius 2 is 2.00 bits per heavy atom. The van der Waals surface area contributed by atoms with Crippen molar-refractivity contribution in [2.24, 2.45) is 0 Å². The lowest BCUT2D eigenvalue weighted by Gasteiger charge is -2.31. The van der Waals surface area contributed by atoms with Gasteiger partial charge in [-0.15, -0.1) is 0 Å². The van der Waals surface area contributed by atoms with E-state index in [2.05, 4.69) is 4.98 Å². The first-order chi connectivity index (χ1) is 12.1. The first-order valence-corrected chi connectivity index (χ1v) is 8.63. The molecule has 1 saturated carbocycles. The topological polar surface area (TPSA) is 55.2 Å². The van der Waals surface area contributed by atoms with Crippen LogP contribution in [0.1, 0.15) is 32.1 Å². The Balaban J connectivity index is 1.74. The second kappa shape index (κ2) is 7.59. The third kappa shape index (κ3) is 3.95. The predicted molar refractivity (Wildman–Crippen MR) is 93.5 cm³/mol. The highest BCUT2D eigenvalue weighted by Gasteiger charge is 2.22. The molecule has 25 heavy (non-hydrogen) atoms. The number of benzene rings is 1. The summed E-state index contributed by atoms with van der Waals surface area (Å²) in [6.45, 7) is -0.0453. The lowest BCUT2D eigenvalue weighted by atomic mass is 9.94. The SMILES string of the molecule is CN(C(=O)Cn1cnc(-c2ccccc2F)cc1=O)C1CCCCC1. The smallest absolute Gasteiger partial charge is 0.254 e. The third-order valence-electron chi connectivity index (χ3n) is 4.85. The van der Waals surface area contributed by atoms with Gasteiger partial charge in [-0.1, -0.05) is 31.4 Å². The van der Waals surface area contributed by atoms with E-state index in [4.69, 9.17) is 0 Å². The van der Waals surface area contributed by atoms with Gasteiger partial charge in [0.2, 0.25) is 5.91 Å². The summed E-state index contributed by atoms with van der Waals surface area (Å²) in [5, 5.41) is 0. The Kier molecular flexibility index (Phi) is 5.26. The molecule has 1 heterocycles. The standard InChI is InChI=1S/C19H22FN3O2/c1-22(14-7-3-2-4-8-14)19(25)12-23-13-21-17(11-18(23)24)15-9-5-6-10-16(15)20/h5-6,9-11,13-14H,2-4,7-8,12H2,1H3. The molecule has 1 aliphatic carbocycles. The number of carbonyl (C=O) groups excluding carboxylic acids is 1. The summed E-state index contributed by atoms with van der Waals surface area (Å²) in [5.41, 5.74) is 0.184. The fourth-order valence-corrected chi connectivity index (χ4v) is 3.29. The molecule has 0 unspecified atom stereocenters. The lowest BCUT2D eigenvalue weighted by Crippen LogP contribution is -2.41. The van der Waals surface area contributed by atoms with Crippen molar-refractivity contribution in [2.75, 3.05) is 7.05 Å². The van der Waals surface area contributed by atoms with E-state index in [9.17, 15) is 14.0 Å². The fourth-order valence-electron chi connectivity index (χ4n) is 3.29. The summed E-state index contributed by atoms with van der Waals surface area (Å²) in [6, 6.07) is 7.69. The van der Waals surface area contributed by atoms with Crippen molar-refractivity contribution in [1.82, 2.24) is 14.5 Å². The van der Waals surface area contributed by atoms with Crippen LogP contribution in [-0.2, 0) is 11.3 Å². The van der Waals surface area contributed by atoms with Crippen LogP contribution in [-0.4, -0.2) is 33.4 Å². The van der Waals surface area contributed by atoms with Gasteiger partial charge in [-0.2, -0.15) is 0 Å². The van der Waals surface area contributed by atoms with Crippen LogP contribution < -0.4 is 5.56 Å². The van der Waals surface area contributed by atoms with Gasteiger partial charge in [0.1, 0.15) is 12.4 Å². The molecular weight excluding hydrogens is 321 g/mol. The molecule has 3 rings (SSSR count). The van der Waals surface area contributed by atoms with E-state index in [0.717, 1.165) is 25.7 Å². The highest BCUT2D eigenvalue weighted by molar-refractivity contribution is 5.76. The van der Waals surface area contributed by atoms with Crippen LogP contribution in [0.3, 0.4) is 0 Å². The monoisotopic (exact) mass is 343 g/mol. The highest BCUT2D eigenvalue weighted by Crippen LogP contribution is 2.22. The van der Waals surface area contributed by atoms with Crippen LogP contribution in [0.25, 0.3) is 11.3 Å². The van der Waals surface area contributed by atoms with Gasteiger partial charge in [0, 0.05) is 24.7 Å². The molecule has 0 N–H and O–H groups in total. The summed E-state index contributed by atoms with van der Waals surface area (Å²) >= 11 is 0. The van der Waals surface area contributed by atoms with Crippen molar-refractivity contribution in [2.45, 2.75) is 44.7 Å². The Bertz CT molecular complexity index is 812. The Labute approximate surface area is 146 Å². The number of nitrogens with zero attached hydrogens (tertiary/aromatic N) is 3. The highest BCUT2D eigenvalue weighted by atomic mass is 19.1. The van der Waals surface area contributed by atoms with Crippen LogP contribution in [0.15, 0.2) is 41.5 Å². The van der Waals surface area contributed by atoms with Crippen molar-refractivity contribution in [3.63, 3.8) is 0 Å². The maximum Gasteiger partial charge on any atom is 0.254 e. The van der Waals surface area contributed by atoms with Crippen molar-refractivity contribution < 1.29 is 9.18 Å². The number of carbonyl (C=O) groups is 1. The number of rotatable bonds is 4. The van der Waals surface area contributed by atoms with Crippen molar-refractivity contribution in [3.05, 3.63) is 52.8 Å². The zero-order valence-electron chi connectivity index (χ0n) is 14.3. The van der Waals surface area contributed by atoms with Crippen LogP contribution in [0.4, 0.5) is 4.39 Å². The van der Waals surface area contributed by atoms with E-state index < -0.39 is 5.82 Å². The first-order valence-electron chi connectivity index (χ1n) is 8.63. The minimum absolute atomic E-state index is 0.0453. The average molecular weight is 343 g/mol. The number of likely N-dealkylation sites (N-methyl/N-ethyl adjacent to an activating group) is 1.